The molecular formula is C14H17BrN2OS2. The molecule has 0 aliphatic heterocycles. The molecule has 1 amide bonds. The molecule has 0 bridgehead atoms. The van der Waals surface area contributed by atoms with Gasteiger partial charge in [-0.05, 0) is 24.8 Å². The molecule has 2 rings (SSSR count). The second kappa shape index (κ2) is 6.83. The Bertz CT molecular complexity index is 627. The molecule has 0 saturated heterocycles. The van der Waals surface area contributed by atoms with Crippen LogP contribution < -0.4 is 11.1 Å². The molecular weight excluding hydrogens is 356 g/mol. The summed E-state index contributed by atoms with van der Waals surface area (Å²) in [6, 6.07) is 6.07. The van der Waals surface area contributed by atoms with Gasteiger partial charge in [0.1, 0.15) is 4.88 Å². The fourth-order valence-electron chi connectivity index (χ4n) is 1.97. The highest BCUT2D eigenvalue weighted by molar-refractivity contribution is 9.10. The van der Waals surface area contributed by atoms with E-state index >= 15 is 0 Å². The predicted molar refractivity (Wildman–Crippen MR) is 93.9 cm³/mol. The van der Waals surface area contributed by atoms with E-state index < -0.39 is 0 Å². The van der Waals surface area contributed by atoms with Crippen LogP contribution in [0.25, 0.3) is 10.1 Å². The van der Waals surface area contributed by atoms with Crippen LogP contribution in [-0.4, -0.2) is 24.0 Å². The zero-order valence-electron chi connectivity index (χ0n) is 11.4. The number of anilines is 1. The van der Waals surface area contributed by atoms with Crippen molar-refractivity contribution >= 4 is 60.7 Å². The number of benzene rings is 1. The number of thiophene rings is 1. The number of hydrogen-bond acceptors (Lipinski definition) is 4. The number of fused-ring (bicyclic) bond motifs is 1. The van der Waals surface area contributed by atoms with E-state index in [9.17, 15) is 4.79 Å². The molecule has 0 radical (unpaired) electrons. The molecule has 1 atom stereocenters. The van der Waals surface area contributed by atoms with Crippen molar-refractivity contribution in [2.24, 2.45) is 0 Å². The third kappa shape index (κ3) is 3.30. The van der Waals surface area contributed by atoms with Gasteiger partial charge < -0.3 is 11.1 Å². The van der Waals surface area contributed by atoms with E-state index in [4.69, 9.17) is 5.73 Å². The summed E-state index contributed by atoms with van der Waals surface area (Å²) < 4.78 is 2.02. The molecule has 1 heterocycles. The topological polar surface area (TPSA) is 55.1 Å². The quantitative estimate of drug-likeness (QED) is 0.829. The first kappa shape index (κ1) is 15.7. The van der Waals surface area contributed by atoms with Gasteiger partial charge in [-0.1, -0.05) is 28.9 Å². The molecule has 20 heavy (non-hydrogen) atoms. The Kier molecular flexibility index (Phi) is 5.35. The van der Waals surface area contributed by atoms with Gasteiger partial charge in [0.05, 0.1) is 5.69 Å². The summed E-state index contributed by atoms with van der Waals surface area (Å²) in [7, 11) is 0. The first-order valence-electron chi connectivity index (χ1n) is 6.34. The molecule has 6 heteroatoms. The van der Waals surface area contributed by atoms with E-state index in [0.29, 0.717) is 10.6 Å². The highest BCUT2D eigenvalue weighted by atomic mass is 79.9. The molecule has 108 valence electrons. The molecule has 0 fully saturated rings. The summed E-state index contributed by atoms with van der Waals surface area (Å²) in [6.07, 6.45) is 2.96. The second-order valence-electron chi connectivity index (χ2n) is 4.52. The van der Waals surface area contributed by atoms with Crippen molar-refractivity contribution in [3.05, 3.63) is 27.5 Å². The summed E-state index contributed by atoms with van der Waals surface area (Å²) >= 11 is 6.61. The third-order valence-corrected chi connectivity index (χ3v) is 5.49. The van der Waals surface area contributed by atoms with Crippen molar-refractivity contribution in [3.63, 3.8) is 0 Å². The fraction of sp³-hybridized carbons (Fsp3) is 0.357. The maximum atomic E-state index is 12.4. The molecule has 0 spiro atoms. The van der Waals surface area contributed by atoms with E-state index in [1.54, 1.807) is 11.8 Å². The van der Waals surface area contributed by atoms with Crippen LogP contribution >= 0.6 is 39.0 Å². The Morgan fingerprint density at radius 2 is 2.30 bits per heavy atom. The maximum absolute atomic E-state index is 12.4. The monoisotopic (exact) mass is 372 g/mol. The lowest BCUT2D eigenvalue weighted by Gasteiger charge is -2.15. The van der Waals surface area contributed by atoms with Gasteiger partial charge in [-0.15, -0.1) is 11.3 Å². The molecule has 3 nitrogen and oxygen atoms in total. The van der Waals surface area contributed by atoms with Crippen molar-refractivity contribution in [1.29, 1.82) is 0 Å². The van der Waals surface area contributed by atoms with Gasteiger partial charge in [0.15, 0.2) is 0 Å². The van der Waals surface area contributed by atoms with Gasteiger partial charge in [0.2, 0.25) is 0 Å². The molecule has 3 N–H and O–H groups in total. The Morgan fingerprint density at radius 3 is 2.95 bits per heavy atom. The highest BCUT2D eigenvalue weighted by Crippen LogP contribution is 2.35. The summed E-state index contributed by atoms with van der Waals surface area (Å²) in [6.45, 7) is 2.08. The van der Waals surface area contributed by atoms with E-state index in [2.05, 4.69) is 28.2 Å². The van der Waals surface area contributed by atoms with Crippen LogP contribution in [0, 0.1) is 0 Å². The highest BCUT2D eigenvalue weighted by Gasteiger charge is 2.18. The number of nitrogen functional groups attached to an aromatic ring is 1. The van der Waals surface area contributed by atoms with Crippen LogP contribution in [0.3, 0.4) is 0 Å². The first-order chi connectivity index (χ1) is 9.56. The lowest BCUT2D eigenvalue weighted by Crippen LogP contribution is -2.36. The fourth-order valence-corrected chi connectivity index (χ4v) is 4.27. The first-order valence-corrected chi connectivity index (χ1v) is 9.34. The predicted octanol–water partition coefficient (Wildman–Crippen LogP) is 4.12. The molecule has 1 unspecified atom stereocenters. The van der Waals surface area contributed by atoms with Gasteiger partial charge in [-0.25, -0.2) is 0 Å². The van der Waals surface area contributed by atoms with Crippen molar-refractivity contribution in [3.8, 4) is 0 Å². The number of nitrogens with two attached hydrogens (primary N) is 1. The zero-order chi connectivity index (χ0) is 14.7. The largest absolute Gasteiger partial charge is 0.397 e. The van der Waals surface area contributed by atoms with E-state index in [-0.39, 0.29) is 11.9 Å². The Labute approximate surface area is 135 Å². The molecule has 1 aromatic heterocycles. The van der Waals surface area contributed by atoms with Gasteiger partial charge in [-0.3, -0.25) is 4.79 Å². The van der Waals surface area contributed by atoms with Crippen molar-refractivity contribution in [2.75, 3.05) is 17.7 Å². The lowest BCUT2D eigenvalue weighted by molar-refractivity contribution is 0.0945. The number of carbonyl (C=O) groups excluding carboxylic acids is 1. The van der Waals surface area contributed by atoms with E-state index in [1.807, 2.05) is 24.5 Å². The van der Waals surface area contributed by atoms with Gasteiger partial charge in [0.25, 0.3) is 5.91 Å². The van der Waals surface area contributed by atoms with Crippen LogP contribution in [-0.2, 0) is 0 Å². The van der Waals surface area contributed by atoms with E-state index in [0.717, 1.165) is 26.7 Å². The van der Waals surface area contributed by atoms with Gasteiger partial charge >= 0.3 is 0 Å². The average Bonchev–Trinajstić information content (AvgIpc) is 2.74. The van der Waals surface area contributed by atoms with Crippen LogP contribution in [0.15, 0.2) is 22.7 Å². The van der Waals surface area contributed by atoms with Gasteiger partial charge in [-0.2, -0.15) is 11.8 Å². The normalized spacial score (nSPS) is 12.6. The zero-order valence-corrected chi connectivity index (χ0v) is 14.6. The molecule has 2 aromatic rings. The minimum atomic E-state index is -0.0688. The molecule has 1 aromatic carbocycles. The van der Waals surface area contributed by atoms with Crippen molar-refractivity contribution < 1.29 is 4.79 Å². The Balaban J connectivity index is 2.28. The average molecular weight is 373 g/mol. The number of hydrogen-bond donors (Lipinski definition) is 2. The Morgan fingerprint density at radius 1 is 1.55 bits per heavy atom. The summed E-state index contributed by atoms with van der Waals surface area (Å²) in [5.41, 5.74) is 6.69. The van der Waals surface area contributed by atoms with Crippen molar-refractivity contribution in [2.45, 2.75) is 19.4 Å². The number of thioether (sulfide) groups is 1. The maximum Gasteiger partial charge on any atom is 0.263 e. The summed E-state index contributed by atoms with van der Waals surface area (Å²) in [4.78, 5) is 13.0. The third-order valence-electron chi connectivity index (χ3n) is 3.09. The van der Waals surface area contributed by atoms with Gasteiger partial charge in [0, 0.05) is 26.4 Å². The summed E-state index contributed by atoms with van der Waals surface area (Å²) in [5, 5.41) is 4.00. The number of halogens is 1. The molecule has 0 aliphatic rings. The van der Waals surface area contributed by atoms with Crippen LogP contribution in [0.4, 0.5) is 5.69 Å². The second-order valence-corrected chi connectivity index (χ2v) is 7.40. The standard InChI is InChI=1S/C14H17BrN2OS2/c1-3-9(7-19-2)17-14(18)13-12(16)10-5-4-8(15)6-11(10)20-13/h4-6,9H,3,7,16H2,1-2H3,(H,17,18). The molecule has 0 aliphatic carbocycles. The van der Waals surface area contributed by atoms with Crippen LogP contribution in [0.1, 0.15) is 23.0 Å². The molecule has 0 saturated carbocycles. The lowest BCUT2D eigenvalue weighted by atomic mass is 10.2. The number of nitrogens with one attached hydrogen (secondary N) is 1. The smallest absolute Gasteiger partial charge is 0.263 e. The summed E-state index contributed by atoms with van der Waals surface area (Å²) in [5.74, 6) is 0.846. The Hall–Kier alpha value is -0.720. The van der Waals surface area contributed by atoms with Crippen LogP contribution in [0.2, 0.25) is 0 Å². The van der Waals surface area contributed by atoms with Crippen molar-refractivity contribution in [1.82, 2.24) is 5.32 Å². The minimum Gasteiger partial charge on any atom is -0.397 e. The SMILES string of the molecule is CCC(CSC)NC(=O)c1sc2cc(Br)ccc2c1N. The van der Waals surface area contributed by atoms with Crippen LogP contribution in [0.5, 0.6) is 0 Å². The van der Waals surface area contributed by atoms with E-state index in [1.165, 1.54) is 11.3 Å². The number of carbonyl (C=O) groups is 1. The number of rotatable bonds is 5. The minimum absolute atomic E-state index is 0.0688. The number of amides is 1.